The highest BCUT2D eigenvalue weighted by Crippen LogP contribution is 2.30. The first-order chi connectivity index (χ1) is 12.9. The van der Waals surface area contributed by atoms with E-state index < -0.39 is 10.0 Å². The highest BCUT2D eigenvalue weighted by molar-refractivity contribution is 7.92. The second-order valence-electron chi connectivity index (χ2n) is 6.85. The molecule has 0 radical (unpaired) electrons. The summed E-state index contributed by atoms with van der Waals surface area (Å²) in [4.78, 5) is 15.6. The quantitative estimate of drug-likeness (QED) is 0.859. The number of hydrogen-bond donors (Lipinski definition) is 1. The molecule has 0 saturated carbocycles. The standard InChI is InChI=1S/C18H21N5O3S/c1-22-15-6-5-14(11-13(15)12-18(22)24)27(25,26)21-16-7-8-17(20-19-16)23-9-3-2-4-10-23/h5-8,11H,2-4,9-10,12H2,1H3,(H,19,21). The summed E-state index contributed by atoms with van der Waals surface area (Å²) in [6, 6.07) is 8.09. The monoisotopic (exact) mass is 387 g/mol. The minimum absolute atomic E-state index is 0.0494. The molecule has 2 aliphatic heterocycles. The van der Waals surface area contributed by atoms with Gasteiger partial charge in [-0.15, -0.1) is 10.2 Å². The van der Waals surface area contributed by atoms with E-state index in [-0.39, 0.29) is 23.0 Å². The molecule has 0 aliphatic carbocycles. The van der Waals surface area contributed by atoms with Crippen LogP contribution in [-0.2, 0) is 21.2 Å². The minimum atomic E-state index is -3.80. The summed E-state index contributed by atoms with van der Waals surface area (Å²) in [5.74, 6) is 0.882. The maximum Gasteiger partial charge on any atom is 0.263 e. The van der Waals surface area contributed by atoms with Gasteiger partial charge in [0.1, 0.15) is 0 Å². The molecule has 142 valence electrons. The van der Waals surface area contributed by atoms with Crippen LogP contribution in [-0.4, -0.2) is 44.7 Å². The van der Waals surface area contributed by atoms with Gasteiger partial charge in [-0.25, -0.2) is 8.42 Å². The third-order valence-corrected chi connectivity index (χ3v) is 6.36. The third kappa shape index (κ3) is 3.46. The lowest BCUT2D eigenvalue weighted by molar-refractivity contribution is -0.117. The lowest BCUT2D eigenvalue weighted by Crippen LogP contribution is -2.30. The van der Waals surface area contributed by atoms with Gasteiger partial charge in [0.05, 0.1) is 11.3 Å². The molecule has 1 saturated heterocycles. The van der Waals surface area contributed by atoms with Crippen LogP contribution in [0.4, 0.5) is 17.3 Å². The lowest BCUT2D eigenvalue weighted by Gasteiger charge is -2.27. The van der Waals surface area contributed by atoms with Crippen LogP contribution in [0.5, 0.6) is 0 Å². The molecule has 1 aromatic carbocycles. The summed E-state index contributed by atoms with van der Waals surface area (Å²) in [5.41, 5.74) is 1.45. The van der Waals surface area contributed by atoms with Gasteiger partial charge in [0.15, 0.2) is 11.6 Å². The normalized spacial score (nSPS) is 17.1. The van der Waals surface area contributed by atoms with E-state index in [2.05, 4.69) is 19.8 Å². The van der Waals surface area contributed by atoms with Gasteiger partial charge in [-0.1, -0.05) is 0 Å². The topological polar surface area (TPSA) is 95.5 Å². The van der Waals surface area contributed by atoms with Crippen molar-refractivity contribution in [2.24, 2.45) is 0 Å². The second-order valence-corrected chi connectivity index (χ2v) is 8.53. The Labute approximate surface area is 158 Å². The van der Waals surface area contributed by atoms with Crippen LogP contribution in [0, 0.1) is 0 Å². The van der Waals surface area contributed by atoms with E-state index in [0.717, 1.165) is 37.4 Å². The van der Waals surface area contributed by atoms with Crippen molar-refractivity contribution >= 4 is 33.3 Å². The number of piperidine rings is 1. The molecule has 1 fully saturated rings. The number of carbonyl (C=O) groups is 1. The average Bonchev–Trinajstić information content (AvgIpc) is 2.96. The molecule has 4 rings (SSSR count). The Morgan fingerprint density at radius 2 is 1.81 bits per heavy atom. The molecule has 1 amide bonds. The highest BCUT2D eigenvalue weighted by atomic mass is 32.2. The smallest absolute Gasteiger partial charge is 0.263 e. The zero-order valence-corrected chi connectivity index (χ0v) is 15.9. The largest absolute Gasteiger partial charge is 0.355 e. The molecule has 9 heteroatoms. The summed E-state index contributed by atoms with van der Waals surface area (Å²) in [5, 5.41) is 8.17. The maximum absolute atomic E-state index is 12.7. The number of carbonyl (C=O) groups excluding carboxylic acids is 1. The van der Waals surface area contributed by atoms with E-state index in [0.29, 0.717) is 5.56 Å². The minimum Gasteiger partial charge on any atom is -0.355 e. The molecular weight excluding hydrogens is 366 g/mol. The Bertz CT molecular complexity index is 969. The van der Waals surface area contributed by atoms with Crippen molar-refractivity contribution in [1.29, 1.82) is 0 Å². The van der Waals surface area contributed by atoms with Crippen LogP contribution in [0.3, 0.4) is 0 Å². The van der Waals surface area contributed by atoms with Crippen molar-refractivity contribution in [2.75, 3.05) is 34.7 Å². The van der Waals surface area contributed by atoms with Gasteiger partial charge in [0.2, 0.25) is 5.91 Å². The van der Waals surface area contributed by atoms with Gasteiger partial charge < -0.3 is 9.80 Å². The molecule has 1 N–H and O–H groups in total. The van der Waals surface area contributed by atoms with Gasteiger partial charge in [-0.2, -0.15) is 0 Å². The van der Waals surface area contributed by atoms with Crippen molar-refractivity contribution in [3.05, 3.63) is 35.9 Å². The number of hydrogen-bond acceptors (Lipinski definition) is 6. The molecular formula is C18H21N5O3S. The lowest BCUT2D eigenvalue weighted by atomic mass is 10.1. The molecule has 27 heavy (non-hydrogen) atoms. The first kappa shape index (κ1) is 17.7. The molecule has 0 bridgehead atoms. The predicted octanol–water partition coefficient (Wildman–Crippen LogP) is 1.79. The number of nitrogens with one attached hydrogen (secondary N) is 1. The number of aromatic nitrogens is 2. The first-order valence-corrected chi connectivity index (χ1v) is 10.4. The van der Waals surface area contributed by atoms with Crippen LogP contribution in [0.2, 0.25) is 0 Å². The first-order valence-electron chi connectivity index (χ1n) is 8.95. The molecule has 0 spiro atoms. The van der Waals surface area contributed by atoms with Gasteiger partial charge in [0.25, 0.3) is 10.0 Å². The Hall–Kier alpha value is -2.68. The van der Waals surface area contributed by atoms with E-state index in [1.807, 2.05) is 0 Å². The van der Waals surface area contributed by atoms with Crippen LogP contribution >= 0.6 is 0 Å². The Kier molecular flexibility index (Phi) is 4.47. The van der Waals surface area contributed by atoms with E-state index in [9.17, 15) is 13.2 Å². The SMILES string of the molecule is CN1C(=O)Cc2cc(S(=O)(=O)Nc3ccc(N4CCCCC4)nn3)ccc21. The molecule has 3 heterocycles. The number of sulfonamides is 1. The fraction of sp³-hybridized carbons (Fsp3) is 0.389. The van der Waals surface area contributed by atoms with Crippen LogP contribution in [0.1, 0.15) is 24.8 Å². The third-order valence-electron chi connectivity index (χ3n) is 5.01. The van der Waals surface area contributed by atoms with Crippen molar-refractivity contribution in [3.63, 3.8) is 0 Å². The van der Waals surface area contributed by atoms with Gasteiger partial charge in [0, 0.05) is 25.8 Å². The average molecular weight is 387 g/mol. The van der Waals surface area contributed by atoms with E-state index in [1.54, 1.807) is 25.2 Å². The molecule has 0 atom stereocenters. The molecule has 0 unspecified atom stereocenters. The number of likely N-dealkylation sites (N-methyl/N-ethyl adjacent to an activating group) is 1. The van der Waals surface area contributed by atoms with E-state index in [4.69, 9.17) is 0 Å². The predicted molar refractivity (Wildman–Crippen MR) is 102 cm³/mol. The van der Waals surface area contributed by atoms with Crippen molar-refractivity contribution in [3.8, 4) is 0 Å². The fourth-order valence-electron chi connectivity index (χ4n) is 3.48. The Balaban J connectivity index is 1.52. The summed E-state index contributed by atoms with van der Waals surface area (Å²) in [6.07, 6.45) is 3.70. The van der Waals surface area contributed by atoms with Crippen LogP contribution in [0.25, 0.3) is 0 Å². The summed E-state index contributed by atoms with van der Waals surface area (Å²) >= 11 is 0. The Morgan fingerprint density at radius 1 is 1.04 bits per heavy atom. The highest BCUT2D eigenvalue weighted by Gasteiger charge is 2.26. The van der Waals surface area contributed by atoms with Crippen LogP contribution in [0.15, 0.2) is 35.2 Å². The number of rotatable bonds is 4. The summed E-state index contributed by atoms with van der Waals surface area (Å²) in [6.45, 7) is 1.89. The Morgan fingerprint density at radius 3 is 2.52 bits per heavy atom. The number of anilines is 3. The molecule has 1 aromatic heterocycles. The number of nitrogens with zero attached hydrogens (tertiary/aromatic N) is 4. The maximum atomic E-state index is 12.7. The second kappa shape index (κ2) is 6.80. The molecule has 8 nitrogen and oxygen atoms in total. The van der Waals surface area contributed by atoms with E-state index >= 15 is 0 Å². The van der Waals surface area contributed by atoms with Crippen LogP contribution < -0.4 is 14.5 Å². The van der Waals surface area contributed by atoms with Crippen molar-refractivity contribution in [2.45, 2.75) is 30.6 Å². The number of benzene rings is 1. The van der Waals surface area contributed by atoms with Crippen molar-refractivity contribution in [1.82, 2.24) is 10.2 Å². The molecule has 2 aliphatic rings. The van der Waals surface area contributed by atoms with Gasteiger partial charge in [-0.05, 0) is 55.2 Å². The zero-order valence-electron chi connectivity index (χ0n) is 15.1. The number of fused-ring (bicyclic) bond motifs is 1. The number of amides is 1. The van der Waals surface area contributed by atoms with E-state index in [1.165, 1.54) is 23.5 Å². The zero-order chi connectivity index (χ0) is 19.0. The van der Waals surface area contributed by atoms with Gasteiger partial charge >= 0.3 is 0 Å². The summed E-state index contributed by atoms with van der Waals surface area (Å²) < 4.78 is 27.8. The fourth-order valence-corrected chi connectivity index (χ4v) is 4.53. The van der Waals surface area contributed by atoms with Gasteiger partial charge in [-0.3, -0.25) is 9.52 Å². The van der Waals surface area contributed by atoms with Crippen molar-refractivity contribution < 1.29 is 13.2 Å². The summed E-state index contributed by atoms with van der Waals surface area (Å²) in [7, 11) is -2.12. The molecule has 2 aromatic rings.